The summed E-state index contributed by atoms with van der Waals surface area (Å²) in [7, 11) is 0. The number of benzene rings is 2. The molecule has 164 valence electrons. The number of hydrazone groups is 2. The highest BCUT2D eigenvalue weighted by molar-refractivity contribution is 8.01. The molecular formula is C22H26N4O4S. The molecule has 2 atom stereocenters. The first-order valence-corrected chi connectivity index (χ1v) is 10.6. The molecule has 0 aliphatic rings. The molecule has 4 N–H and O–H groups in total. The summed E-state index contributed by atoms with van der Waals surface area (Å²) in [4.78, 5) is 24.6. The maximum absolute atomic E-state index is 12.3. The number of carbonyl (C=O) groups excluding carboxylic acids is 2. The molecule has 0 saturated carbocycles. The molecule has 2 rings (SSSR count). The lowest BCUT2D eigenvalue weighted by Crippen LogP contribution is -2.33. The molecule has 0 saturated heterocycles. The molecular weight excluding hydrogens is 416 g/mol. The molecule has 0 aliphatic carbocycles. The number of aromatic hydroxyl groups is 2. The van der Waals surface area contributed by atoms with Crippen LogP contribution in [0.3, 0.4) is 0 Å². The van der Waals surface area contributed by atoms with Crippen LogP contribution in [0.4, 0.5) is 0 Å². The van der Waals surface area contributed by atoms with E-state index in [2.05, 4.69) is 21.1 Å². The molecule has 0 spiro atoms. The van der Waals surface area contributed by atoms with Gasteiger partial charge >= 0.3 is 0 Å². The molecule has 0 fully saturated rings. The summed E-state index contributed by atoms with van der Waals surface area (Å²) in [5.74, 6) is -0.586. The third kappa shape index (κ3) is 6.85. The van der Waals surface area contributed by atoms with Gasteiger partial charge in [-0.15, -0.1) is 11.8 Å². The number of phenols is 2. The average Bonchev–Trinajstić information content (AvgIpc) is 2.75. The van der Waals surface area contributed by atoms with Crippen molar-refractivity contribution in [3.63, 3.8) is 0 Å². The minimum Gasteiger partial charge on any atom is -0.507 e. The summed E-state index contributed by atoms with van der Waals surface area (Å²) in [6, 6.07) is 13.4. The zero-order valence-electron chi connectivity index (χ0n) is 17.8. The second-order valence-electron chi connectivity index (χ2n) is 6.80. The Hall–Kier alpha value is -3.33. The van der Waals surface area contributed by atoms with Crippen LogP contribution in [-0.4, -0.2) is 44.0 Å². The molecule has 0 unspecified atom stereocenters. The van der Waals surface area contributed by atoms with Gasteiger partial charge in [0.2, 0.25) is 0 Å². The van der Waals surface area contributed by atoms with Crippen LogP contribution < -0.4 is 10.9 Å². The number of nitrogens with zero attached hydrogens (tertiary/aromatic N) is 2. The van der Waals surface area contributed by atoms with Crippen LogP contribution in [0.2, 0.25) is 0 Å². The first-order valence-electron chi connectivity index (χ1n) is 9.61. The molecule has 0 aliphatic heterocycles. The number of nitrogens with one attached hydrogen (secondary N) is 2. The van der Waals surface area contributed by atoms with Crippen molar-refractivity contribution >= 4 is 35.0 Å². The largest absolute Gasteiger partial charge is 0.507 e. The van der Waals surface area contributed by atoms with Crippen LogP contribution >= 0.6 is 11.8 Å². The Morgan fingerprint density at radius 2 is 1.13 bits per heavy atom. The van der Waals surface area contributed by atoms with Gasteiger partial charge in [0, 0.05) is 11.1 Å². The summed E-state index contributed by atoms with van der Waals surface area (Å²) >= 11 is 1.16. The topological polar surface area (TPSA) is 123 Å². The average molecular weight is 443 g/mol. The van der Waals surface area contributed by atoms with E-state index in [0.717, 1.165) is 11.8 Å². The van der Waals surface area contributed by atoms with Gasteiger partial charge in [-0.2, -0.15) is 10.2 Å². The predicted octanol–water partition coefficient (Wildman–Crippen LogP) is 2.99. The van der Waals surface area contributed by atoms with Gasteiger partial charge in [0.25, 0.3) is 11.8 Å². The summed E-state index contributed by atoms with van der Waals surface area (Å²) in [5.41, 5.74) is 6.89. The van der Waals surface area contributed by atoms with Gasteiger partial charge in [0.05, 0.1) is 21.9 Å². The van der Waals surface area contributed by atoms with E-state index in [0.29, 0.717) is 22.6 Å². The molecule has 31 heavy (non-hydrogen) atoms. The zero-order valence-corrected chi connectivity index (χ0v) is 18.6. The Morgan fingerprint density at radius 1 is 0.774 bits per heavy atom. The third-order valence-corrected chi connectivity index (χ3v) is 5.65. The lowest BCUT2D eigenvalue weighted by atomic mass is 10.1. The number of hydrogen-bond acceptors (Lipinski definition) is 7. The smallest absolute Gasteiger partial charge is 0.252 e. The van der Waals surface area contributed by atoms with Gasteiger partial charge in [-0.1, -0.05) is 24.3 Å². The maximum atomic E-state index is 12.3. The number of hydrogen-bond donors (Lipinski definition) is 4. The first kappa shape index (κ1) is 23.9. The maximum Gasteiger partial charge on any atom is 0.252 e. The van der Waals surface area contributed by atoms with E-state index in [1.54, 1.807) is 64.1 Å². The van der Waals surface area contributed by atoms with Crippen LogP contribution in [0.5, 0.6) is 11.5 Å². The van der Waals surface area contributed by atoms with Crippen molar-refractivity contribution in [1.29, 1.82) is 0 Å². The van der Waals surface area contributed by atoms with Crippen LogP contribution in [0.25, 0.3) is 0 Å². The normalized spacial score (nSPS) is 13.9. The van der Waals surface area contributed by atoms with Gasteiger partial charge in [0.15, 0.2) is 0 Å². The second-order valence-corrected chi connectivity index (χ2v) is 8.49. The number of rotatable bonds is 8. The number of carbonyl (C=O) groups is 2. The van der Waals surface area contributed by atoms with Crippen molar-refractivity contribution in [1.82, 2.24) is 10.9 Å². The van der Waals surface area contributed by atoms with E-state index in [-0.39, 0.29) is 23.3 Å². The Bertz CT molecular complexity index is 927. The highest BCUT2D eigenvalue weighted by atomic mass is 32.2. The second kappa shape index (κ2) is 11.2. The predicted molar refractivity (Wildman–Crippen MR) is 123 cm³/mol. The lowest BCUT2D eigenvalue weighted by Gasteiger charge is -2.15. The summed E-state index contributed by atoms with van der Waals surface area (Å²) in [6.45, 7) is 6.69. The minimum atomic E-state index is -0.551. The lowest BCUT2D eigenvalue weighted by molar-refractivity contribution is -0.120. The SMILES string of the molecule is C/C(=N/NC(=O)[C@H](C)S[C@@H](C)C(=O)N/N=C(/C)c1ccccc1O)c1ccccc1O. The molecule has 2 aromatic rings. The van der Waals surface area contributed by atoms with Crippen molar-refractivity contribution < 1.29 is 19.8 Å². The molecule has 2 aromatic carbocycles. The van der Waals surface area contributed by atoms with E-state index in [4.69, 9.17) is 0 Å². The van der Waals surface area contributed by atoms with Gasteiger partial charge in [-0.05, 0) is 52.0 Å². The molecule has 0 bridgehead atoms. The molecule has 8 nitrogen and oxygen atoms in total. The van der Waals surface area contributed by atoms with Crippen LogP contribution in [-0.2, 0) is 9.59 Å². The van der Waals surface area contributed by atoms with Crippen molar-refractivity contribution in [2.45, 2.75) is 38.2 Å². The summed E-state index contributed by atoms with van der Waals surface area (Å²) in [6.07, 6.45) is 0. The van der Waals surface area contributed by atoms with Gasteiger partial charge < -0.3 is 10.2 Å². The molecule has 0 radical (unpaired) electrons. The first-order chi connectivity index (χ1) is 14.7. The Labute approximate surface area is 185 Å². The van der Waals surface area contributed by atoms with Crippen molar-refractivity contribution in [2.24, 2.45) is 10.2 Å². The van der Waals surface area contributed by atoms with Crippen molar-refractivity contribution in [2.75, 3.05) is 0 Å². The monoisotopic (exact) mass is 442 g/mol. The Balaban J connectivity index is 1.90. The Morgan fingerprint density at radius 3 is 1.48 bits per heavy atom. The van der Waals surface area contributed by atoms with E-state index < -0.39 is 10.5 Å². The van der Waals surface area contributed by atoms with Crippen LogP contribution in [0, 0.1) is 0 Å². The summed E-state index contributed by atoms with van der Waals surface area (Å²) < 4.78 is 0. The van der Waals surface area contributed by atoms with Crippen molar-refractivity contribution in [3.8, 4) is 11.5 Å². The zero-order chi connectivity index (χ0) is 23.0. The van der Waals surface area contributed by atoms with Crippen LogP contribution in [0.1, 0.15) is 38.8 Å². The van der Waals surface area contributed by atoms with Gasteiger partial charge in [-0.25, -0.2) is 10.9 Å². The Kier molecular flexibility index (Phi) is 8.63. The standard InChI is InChI=1S/C22H26N4O4S/c1-13(17-9-5-7-11-19(17)27)23-25-21(29)15(3)31-16(4)22(30)26-24-14(2)18-10-6-8-12-20(18)28/h5-12,15-16,27-28H,1-4H3,(H,25,29)(H,26,30)/b23-13-,24-14-/t15-,16-/m0/s1. The highest BCUT2D eigenvalue weighted by Crippen LogP contribution is 2.19. The number of para-hydroxylation sites is 2. The molecule has 0 heterocycles. The fraction of sp³-hybridized carbons (Fsp3) is 0.273. The van der Waals surface area contributed by atoms with E-state index in [9.17, 15) is 19.8 Å². The van der Waals surface area contributed by atoms with Crippen molar-refractivity contribution in [3.05, 3.63) is 59.7 Å². The van der Waals surface area contributed by atoms with Gasteiger partial charge in [-0.3, -0.25) is 9.59 Å². The highest BCUT2D eigenvalue weighted by Gasteiger charge is 2.21. The minimum absolute atomic E-state index is 0.0744. The third-order valence-electron chi connectivity index (χ3n) is 4.40. The van der Waals surface area contributed by atoms with Crippen LogP contribution in [0.15, 0.2) is 58.7 Å². The summed E-state index contributed by atoms with van der Waals surface area (Å²) in [5, 5.41) is 26.6. The van der Waals surface area contributed by atoms with E-state index in [1.807, 2.05) is 0 Å². The molecule has 2 amide bonds. The number of thioether (sulfide) groups is 1. The fourth-order valence-electron chi connectivity index (χ4n) is 2.57. The fourth-order valence-corrected chi connectivity index (χ4v) is 3.53. The molecule has 9 heteroatoms. The molecule has 0 aromatic heterocycles. The van der Waals surface area contributed by atoms with E-state index >= 15 is 0 Å². The van der Waals surface area contributed by atoms with Gasteiger partial charge in [0.1, 0.15) is 11.5 Å². The number of amides is 2. The number of phenolic OH excluding ortho intramolecular Hbond substituents is 2. The quantitative estimate of drug-likeness (QED) is 0.370. The van der Waals surface area contributed by atoms with E-state index in [1.165, 1.54) is 12.1 Å².